The van der Waals surface area contributed by atoms with Gasteiger partial charge in [-0.1, -0.05) is 0 Å². The van der Waals surface area contributed by atoms with E-state index in [9.17, 15) is 18.0 Å². The van der Waals surface area contributed by atoms with Crippen molar-refractivity contribution in [1.82, 2.24) is 10.2 Å². The molecule has 9 heteroatoms. The molecule has 0 aliphatic rings. The second-order valence-electron chi connectivity index (χ2n) is 2.85. The number of nitrogens with two attached hydrogens (primary N) is 1. The van der Waals surface area contributed by atoms with Crippen LogP contribution >= 0.6 is 0 Å². The molecule has 4 N–H and O–H groups in total. The van der Waals surface area contributed by atoms with Crippen molar-refractivity contribution in [2.75, 3.05) is 25.9 Å². The molecule has 0 aliphatic carbocycles. The Morgan fingerprint density at radius 2 is 2.00 bits per heavy atom. The van der Waals surface area contributed by atoms with E-state index in [4.69, 9.17) is 10.2 Å². The summed E-state index contributed by atoms with van der Waals surface area (Å²) >= 11 is 0. The van der Waals surface area contributed by atoms with Gasteiger partial charge in [0, 0.05) is 13.6 Å². The normalized spacial score (nSPS) is 10.8. The van der Waals surface area contributed by atoms with Crippen LogP contribution < -0.4 is 10.5 Å². The molecule has 0 fully saturated rings. The maximum absolute atomic E-state index is 11.1. The molecule has 0 aromatic carbocycles. The monoisotopic (exact) mass is 239 g/mol. The van der Waals surface area contributed by atoms with Crippen LogP contribution in [-0.4, -0.2) is 56.3 Å². The summed E-state index contributed by atoms with van der Waals surface area (Å²) in [5.41, 5.74) is 0. The fourth-order valence-corrected chi connectivity index (χ4v) is 1.10. The number of hydrogen-bond donors (Lipinski definition) is 3. The van der Waals surface area contributed by atoms with Crippen LogP contribution in [0.5, 0.6) is 0 Å². The van der Waals surface area contributed by atoms with Crippen molar-refractivity contribution in [3.63, 3.8) is 0 Å². The Morgan fingerprint density at radius 3 is 2.40 bits per heavy atom. The fourth-order valence-electron chi connectivity index (χ4n) is 0.710. The van der Waals surface area contributed by atoms with Crippen LogP contribution in [0.25, 0.3) is 0 Å². The Hall–Kier alpha value is -1.35. The summed E-state index contributed by atoms with van der Waals surface area (Å²) in [5.74, 6) is -1.54. The highest BCUT2D eigenvalue weighted by Crippen LogP contribution is 1.84. The molecule has 0 radical (unpaired) electrons. The van der Waals surface area contributed by atoms with Gasteiger partial charge in [-0.25, -0.2) is 18.4 Å². The molecule has 0 aliphatic heterocycles. The van der Waals surface area contributed by atoms with Crippen molar-refractivity contribution in [2.24, 2.45) is 5.14 Å². The molecule has 0 saturated heterocycles. The van der Waals surface area contributed by atoms with Crippen molar-refractivity contribution in [3.05, 3.63) is 0 Å². The van der Waals surface area contributed by atoms with E-state index in [1.54, 1.807) is 0 Å². The summed E-state index contributed by atoms with van der Waals surface area (Å²) < 4.78 is 21.0. The molecule has 88 valence electrons. The Morgan fingerprint density at radius 1 is 1.47 bits per heavy atom. The Balaban J connectivity index is 3.89. The maximum Gasteiger partial charge on any atom is 0.323 e. The van der Waals surface area contributed by atoms with E-state index < -0.39 is 28.6 Å². The first-order chi connectivity index (χ1) is 6.72. The molecule has 0 bridgehead atoms. The molecule has 8 nitrogen and oxygen atoms in total. The molecule has 0 aromatic rings. The van der Waals surface area contributed by atoms with Gasteiger partial charge in [-0.15, -0.1) is 0 Å². The highest BCUT2D eigenvalue weighted by atomic mass is 32.2. The van der Waals surface area contributed by atoms with Crippen LogP contribution in [0, 0.1) is 0 Å². The zero-order valence-electron chi connectivity index (χ0n) is 8.13. The predicted octanol–water partition coefficient (Wildman–Crippen LogP) is -2.00. The smallest absolute Gasteiger partial charge is 0.323 e. The molecule has 0 spiro atoms. The largest absolute Gasteiger partial charge is 0.480 e. The van der Waals surface area contributed by atoms with Crippen molar-refractivity contribution in [2.45, 2.75) is 0 Å². The van der Waals surface area contributed by atoms with Crippen molar-refractivity contribution in [3.8, 4) is 0 Å². The summed E-state index contributed by atoms with van der Waals surface area (Å²) in [5, 5.41) is 15.3. The molecule has 0 atom stereocenters. The SMILES string of the molecule is CN(CC(=O)O)C(=O)NCCS(N)(=O)=O. The zero-order chi connectivity index (χ0) is 12.1. The topological polar surface area (TPSA) is 130 Å². The van der Waals surface area contributed by atoms with Crippen LogP contribution in [0.2, 0.25) is 0 Å². The molecule has 2 amide bonds. The predicted molar refractivity (Wildman–Crippen MR) is 51.6 cm³/mol. The lowest BCUT2D eigenvalue weighted by Gasteiger charge is -2.14. The number of primary sulfonamides is 1. The minimum Gasteiger partial charge on any atom is -0.480 e. The van der Waals surface area contributed by atoms with E-state index in [2.05, 4.69) is 5.32 Å². The number of likely N-dealkylation sites (N-methyl/N-ethyl adjacent to an activating group) is 1. The lowest BCUT2D eigenvalue weighted by molar-refractivity contribution is -0.137. The number of carbonyl (C=O) groups is 2. The quantitative estimate of drug-likeness (QED) is 0.511. The molecule has 0 heterocycles. The average molecular weight is 239 g/mol. The Bertz CT molecular complexity index is 339. The number of amides is 2. The van der Waals surface area contributed by atoms with Crippen LogP contribution in [0.3, 0.4) is 0 Å². The highest BCUT2D eigenvalue weighted by molar-refractivity contribution is 7.89. The van der Waals surface area contributed by atoms with Crippen LogP contribution in [0.15, 0.2) is 0 Å². The molecule has 0 aromatic heterocycles. The number of carbonyl (C=O) groups excluding carboxylic acids is 1. The Labute approximate surface area is 87.1 Å². The number of carboxylic acids is 1. The van der Waals surface area contributed by atoms with E-state index in [0.29, 0.717) is 0 Å². The average Bonchev–Trinajstić information content (AvgIpc) is 2.00. The van der Waals surface area contributed by atoms with E-state index in [0.717, 1.165) is 4.90 Å². The van der Waals surface area contributed by atoms with Crippen LogP contribution in [0.1, 0.15) is 0 Å². The summed E-state index contributed by atoms with van der Waals surface area (Å²) in [6.45, 7) is -0.608. The summed E-state index contributed by atoms with van der Waals surface area (Å²) in [6.07, 6.45) is 0. The Kier molecular flexibility index (Phi) is 5.02. The molecular weight excluding hydrogens is 226 g/mol. The molecular formula is C6H13N3O5S. The van der Waals surface area contributed by atoms with Crippen LogP contribution in [0.4, 0.5) is 4.79 Å². The number of hydrogen-bond acceptors (Lipinski definition) is 4. The maximum atomic E-state index is 11.1. The highest BCUT2D eigenvalue weighted by Gasteiger charge is 2.11. The van der Waals surface area contributed by atoms with Gasteiger partial charge in [-0.3, -0.25) is 4.79 Å². The number of sulfonamides is 1. The number of urea groups is 1. The van der Waals surface area contributed by atoms with Gasteiger partial charge in [-0.2, -0.15) is 0 Å². The number of nitrogens with one attached hydrogen (secondary N) is 1. The standard InChI is InChI=1S/C6H13N3O5S/c1-9(4-5(10)11)6(12)8-2-3-15(7,13)14/h2-4H2,1H3,(H,8,12)(H,10,11)(H2,7,13,14). The lowest BCUT2D eigenvalue weighted by Crippen LogP contribution is -2.42. The molecule has 0 unspecified atom stereocenters. The van der Waals surface area contributed by atoms with Gasteiger partial charge < -0.3 is 15.3 Å². The number of nitrogens with zero attached hydrogens (tertiary/aromatic N) is 1. The van der Waals surface area contributed by atoms with Crippen LogP contribution in [-0.2, 0) is 14.8 Å². The van der Waals surface area contributed by atoms with Crippen molar-refractivity contribution < 1.29 is 23.1 Å². The second kappa shape index (κ2) is 5.51. The summed E-state index contributed by atoms with van der Waals surface area (Å²) in [7, 11) is -2.34. The van der Waals surface area contributed by atoms with Gasteiger partial charge >= 0.3 is 12.0 Å². The van der Waals surface area contributed by atoms with E-state index in [1.165, 1.54) is 7.05 Å². The van der Waals surface area contributed by atoms with Gasteiger partial charge in [0.25, 0.3) is 0 Å². The third-order valence-electron chi connectivity index (χ3n) is 1.38. The first-order valence-electron chi connectivity index (χ1n) is 3.93. The fraction of sp³-hybridized carbons (Fsp3) is 0.667. The number of aliphatic carboxylic acids is 1. The molecule has 0 saturated carbocycles. The third-order valence-corrected chi connectivity index (χ3v) is 2.16. The van der Waals surface area contributed by atoms with Crippen molar-refractivity contribution >= 4 is 22.0 Å². The summed E-state index contributed by atoms with van der Waals surface area (Å²) in [6, 6.07) is -0.666. The third kappa shape index (κ3) is 7.70. The molecule has 0 rings (SSSR count). The van der Waals surface area contributed by atoms with Gasteiger partial charge in [0.15, 0.2) is 0 Å². The van der Waals surface area contributed by atoms with Gasteiger partial charge in [0.2, 0.25) is 10.0 Å². The minimum absolute atomic E-state index is 0.151. The second-order valence-corrected chi connectivity index (χ2v) is 4.58. The molecule has 15 heavy (non-hydrogen) atoms. The lowest BCUT2D eigenvalue weighted by atomic mass is 10.6. The van der Waals surface area contributed by atoms with Gasteiger partial charge in [-0.05, 0) is 0 Å². The van der Waals surface area contributed by atoms with Gasteiger partial charge in [0.1, 0.15) is 6.54 Å². The van der Waals surface area contributed by atoms with E-state index in [1.807, 2.05) is 0 Å². The first kappa shape index (κ1) is 13.7. The first-order valence-corrected chi connectivity index (χ1v) is 5.65. The number of carboxylic acid groups (broad SMARTS) is 1. The minimum atomic E-state index is -3.62. The van der Waals surface area contributed by atoms with E-state index in [-0.39, 0.29) is 12.3 Å². The number of rotatable bonds is 5. The summed E-state index contributed by atoms with van der Waals surface area (Å²) in [4.78, 5) is 22.2. The van der Waals surface area contributed by atoms with Crippen molar-refractivity contribution in [1.29, 1.82) is 0 Å². The van der Waals surface area contributed by atoms with E-state index >= 15 is 0 Å². The van der Waals surface area contributed by atoms with Gasteiger partial charge in [0.05, 0.1) is 5.75 Å². The zero-order valence-corrected chi connectivity index (χ0v) is 8.95.